The average molecular weight is 268 g/mol. The first-order valence-corrected chi connectivity index (χ1v) is 5.97. The van der Waals surface area contributed by atoms with Crippen LogP contribution in [0.2, 0.25) is 0 Å². The smallest absolute Gasteiger partial charge is 0.115 e. The van der Waals surface area contributed by atoms with Crippen LogP contribution < -0.4 is 0 Å². The predicted octanol–water partition coefficient (Wildman–Crippen LogP) is 3.26. The lowest BCUT2D eigenvalue weighted by Gasteiger charge is -1.88. The molecular weight excluding hydrogens is 252 g/mol. The summed E-state index contributed by atoms with van der Waals surface area (Å²) >= 11 is 0. The van der Waals surface area contributed by atoms with Crippen LogP contribution in [-0.2, 0) is 0 Å². The Morgan fingerprint density at radius 1 is 0.500 bits per heavy atom. The first-order chi connectivity index (χ1) is 9.79. The second kappa shape index (κ2) is 10.1. The highest BCUT2D eigenvalue weighted by Gasteiger charge is 1.84. The summed E-state index contributed by atoms with van der Waals surface area (Å²) in [4.78, 5) is 7.57. The summed E-state index contributed by atoms with van der Waals surface area (Å²) in [7, 11) is 0. The van der Waals surface area contributed by atoms with Crippen LogP contribution >= 0.6 is 0 Å². The van der Waals surface area contributed by atoms with Gasteiger partial charge in [-0.25, -0.2) is 0 Å². The van der Waals surface area contributed by atoms with Crippen molar-refractivity contribution >= 4 is 0 Å². The number of aromatic nitrogens is 2. The second-order valence-corrected chi connectivity index (χ2v) is 3.57. The van der Waals surface area contributed by atoms with Crippen LogP contribution in [0.1, 0.15) is 0 Å². The third kappa shape index (κ3) is 8.25. The standard InChI is InChI=1S/C6H6O2.2C5H5N/c7-5-1-2-6(8)4-3-5;2*1-2-4-6-5-3-1/h1-4,7-8H;2*1-5H. The van der Waals surface area contributed by atoms with E-state index in [0.717, 1.165) is 0 Å². The van der Waals surface area contributed by atoms with Gasteiger partial charge in [-0.2, -0.15) is 0 Å². The Kier molecular flexibility index (Phi) is 7.65. The minimum absolute atomic E-state index is 0.169. The van der Waals surface area contributed by atoms with E-state index < -0.39 is 0 Å². The van der Waals surface area contributed by atoms with Crippen molar-refractivity contribution in [2.24, 2.45) is 0 Å². The Labute approximate surface area is 118 Å². The molecule has 2 aromatic heterocycles. The van der Waals surface area contributed by atoms with Crippen LogP contribution in [0, 0.1) is 0 Å². The minimum Gasteiger partial charge on any atom is -0.508 e. The number of nitrogens with zero attached hydrogens (tertiary/aromatic N) is 2. The zero-order valence-electron chi connectivity index (χ0n) is 10.9. The molecule has 0 atom stereocenters. The van der Waals surface area contributed by atoms with Gasteiger partial charge in [-0.05, 0) is 48.5 Å². The molecule has 1 aromatic carbocycles. The summed E-state index contributed by atoms with van der Waals surface area (Å²) in [6.07, 6.45) is 7.00. The lowest BCUT2D eigenvalue weighted by Crippen LogP contribution is -1.61. The third-order valence-electron chi connectivity index (χ3n) is 1.98. The van der Waals surface area contributed by atoms with Gasteiger partial charge in [0, 0.05) is 24.8 Å². The van der Waals surface area contributed by atoms with E-state index >= 15 is 0 Å². The van der Waals surface area contributed by atoms with Crippen molar-refractivity contribution in [1.82, 2.24) is 9.97 Å². The fraction of sp³-hybridized carbons (Fsp3) is 0. The molecule has 0 aliphatic rings. The van der Waals surface area contributed by atoms with Crippen molar-refractivity contribution in [2.45, 2.75) is 0 Å². The second-order valence-electron chi connectivity index (χ2n) is 3.57. The number of phenols is 2. The average Bonchev–Trinajstić information content (AvgIpc) is 2.55. The molecular formula is C16H16N2O2. The molecule has 3 rings (SSSR count). The van der Waals surface area contributed by atoms with E-state index in [1.165, 1.54) is 24.3 Å². The van der Waals surface area contributed by atoms with Crippen molar-refractivity contribution in [3.8, 4) is 11.5 Å². The fourth-order valence-corrected chi connectivity index (χ4v) is 1.08. The van der Waals surface area contributed by atoms with Gasteiger partial charge in [0.25, 0.3) is 0 Å². The van der Waals surface area contributed by atoms with Gasteiger partial charge in [0.1, 0.15) is 11.5 Å². The fourth-order valence-electron chi connectivity index (χ4n) is 1.08. The largest absolute Gasteiger partial charge is 0.508 e. The Bertz CT molecular complexity index is 437. The summed E-state index contributed by atoms with van der Waals surface area (Å²) in [5, 5.41) is 17.3. The first kappa shape index (κ1) is 15.2. The van der Waals surface area contributed by atoms with Gasteiger partial charge in [-0.1, -0.05) is 12.1 Å². The molecule has 0 unspecified atom stereocenters. The van der Waals surface area contributed by atoms with Gasteiger partial charge in [0.2, 0.25) is 0 Å². The van der Waals surface area contributed by atoms with E-state index in [9.17, 15) is 0 Å². The summed E-state index contributed by atoms with van der Waals surface area (Å²) in [6.45, 7) is 0. The topological polar surface area (TPSA) is 66.2 Å². The summed E-state index contributed by atoms with van der Waals surface area (Å²) in [6, 6.07) is 17.1. The SMILES string of the molecule is Oc1ccc(O)cc1.c1ccncc1.c1ccncc1. The Balaban J connectivity index is 0.000000152. The molecule has 0 amide bonds. The highest BCUT2D eigenvalue weighted by molar-refractivity contribution is 5.28. The monoisotopic (exact) mass is 268 g/mol. The molecule has 0 radical (unpaired) electrons. The molecule has 2 heterocycles. The van der Waals surface area contributed by atoms with E-state index in [4.69, 9.17) is 10.2 Å². The quantitative estimate of drug-likeness (QED) is 0.614. The van der Waals surface area contributed by atoms with Crippen LogP contribution in [0.15, 0.2) is 85.5 Å². The molecule has 0 saturated heterocycles. The van der Waals surface area contributed by atoms with E-state index in [0.29, 0.717) is 0 Å². The Hall–Kier alpha value is -2.88. The van der Waals surface area contributed by atoms with E-state index in [1.807, 2.05) is 36.4 Å². The van der Waals surface area contributed by atoms with Crippen molar-refractivity contribution in [1.29, 1.82) is 0 Å². The number of aromatic hydroxyl groups is 2. The summed E-state index contributed by atoms with van der Waals surface area (Å²) < 4.78 is 0. The van der Waals surface area contributed by atoms with Gasteiger partial charge in [0.15, 0.2) is 0 Å². The highest BCUT2D eigenvalue weighted by Crippen LogP contribution is 2.13. The number of rotatable bonds is 0. The maximum Gasteiger partial charge on any atom is 0.115 e. The molecule has 0 bridgehead atoms. The third-order valence-corrected chi connectivity index (χ3v) is 1.98. The van der Waals surface area contributed by atoms with Crippen molar-refractivity contribution in [2.75, 3.05) is 0 Å². The predicted molar refractivity (Wildman–Crippen MR) is 78.2 cm³/mol. The number of phenolic OH excluding ortho intramolecular Hbond substituents is 2. The summed E-state index contributed by atoms with van der Waals surface area (Å²) in [5.41, 5.74) is 0. The van der Waals surface area contributed by atoms with E-state index in [1.54, 1.807) is 24.8 Å². The highest BCUT2D eigenvalue weighted by atomic mass is 16.3. The molecule has 20 heavy (non-hydrogen) atoms. The lowest BCUT2D eigenvalue weighted by atomic mass is 10.3. The normalized spacial score (nSPS) is 8.40. The van der Waals surface area contributed by atoms with Crippen LogP contribution in [0.25, 0.3) is 0 Å². The van der Waals surface area contributed by atoms with Crippen molar-refractivity contribution < 1.29 is 10.2 Å². The maximum atomic E-state index is 8.65. The minimum atomic E-state index is 0.169. The molecule has 4 heteroatoms. The molecule has 0 spiro atoms. The van der Waals surface area contributed by atoms with E-state index in [-0.39, 0.29) is 11.5 Å². The zero-order valence-corrected chi connectivity index (χ0v) is 10.9. The molecule has 102 valence electrons. The summed E-state index contributed by atoms with van der Waals surface area (Å²) in [5.74, 6) is 0.339. The van der Waals surface area contributed by atoms with Crippen molar-refractivity contribution in [3.63, 3.8) is 0 Å². The van der Waals surface area contributed by atoms with Crippen LogP contribution in [-0.4, -0.2) is 20.2 Å². The van der Waals surface area contributed by atoms with Gasteiger partial charge in [-0.3, -0.25) is 9.97 Å². The van der Waals surface area contributed by atoms with Crippen LogP contribution in [0.4, 0.5) is 0 Å². The number of hydrogen-bond donors (Lipinski definition) is 2. The van der Waals surface area contributed by atoms with Gasteiger partial charge in [-0.15, -0.1) is 0 Å². The number of pyridine rings is 2. The van der Waals surface area contributed by atoms with Crippen molar-refractivity contribution in [3.05, 3.63) is 85.5 Å². The van der Waals surface area contributed by atoms with Gasteiger partial charge >= 0.3 is 0 Å². The van der Waals surface area contributed by atoms with Gasteiger partial charge < -0.3 is 10.2 Å². The first-order valence-electron chi connectivity index (χ1n) is 5.97. The molecule has 3 aromatic rings. The molecule has 0 aliphatic carbocycles. The van der Waals surface area contributed by atoms with Crippen LogP contribution in [0.3, 0.4) is 0 Å². The molecule has 4 nitrogen and oxygen atoms in total. The van der Waals surface area contributed by atoms with E-state index in [2.05, 4.69) is 9.97 Å². The Morgan fingerprint density at radius 3 is 0.950 bits per heavy atom. The zero-order chi connectivity index (χ0) is 14.5. The number of hydrogen-bond acceptors (Lipinski definition) is 4. The molecule has 0 saturated carbocycles. The lowest BCUT2D eigenvalue weighted by molar-refractivity contribution is 0.460. The Morgan fingerprint density at radius 2 is 0.800 bits per heavy atom. The number of benzene rings is 1. The molecule has 0 fully saturated rings. The maximum absolute atomic E-state index is 8.65. The molecule has 0 aliphatic heterocycles. The molecule has 2 N–H and O–H groups in total. The van der Waals surface area contributed by atoms with Crippen LogP contribution in [0.5, 0.6) is 11.5 Å². The van der Waals surface area contributed by atoms with Gasteiger partial charge in [0.05, 0.1) is 0 Å².